The molecular formula is C28H42N2O3. The maximum absolute atomic E-state index is 13.0. The summed E-state index contributed by atoms with van der Waals surface area (Å²) in [7, 11) is 0. The molecule has 3 N–H and O–H groups in total. The van der Waals surface area contributed by atoms with Crippen LogP contribution in [0.3, 0.4) is 0 Å². The Balaban J connectivity index is 2.07. The Bertz CT molecular complexity index is 795. The lowest BCUT2D eigenvalue weighted by atomic mass is 9.99. The quantitative estimate of drug-likeness (QED) is 0.308. The zero-order valence-electron chi connectivity index (χ0n) is 20.7. The summed E-state index contributed by atoms with van der Waals surface area (Å²) in [6.45, 7) is 9.56. The molecule has 1 amide bonds. The average molecular weight is 455 g/mol. The zero-order valence-corrected chi connectivity index (χ0v) is 20.7. The fraction of sp³-hybridized carbons (Fsp3) is 0.536. The van der Waals surface area contributed by atoms with Crippen molar-refractivity contribution in [1.82, 2.24) is 10.6 Å². The number of carbonyl (C=O) groups is 1. The van der Waals surface area contributed by atoms with Gasteiger partial charge in [-0.3, -0.25) is 10.1 Å². The lowest BCUT2D eigenvalue weighted by Gasteiger charge is -2.24. The first-order valence-electron chi connectivity index (χ1n) is 12.4. The van der Waals surface area contributed by atoms with E-state index in [1.54, 1.807) is 0 Å². The van der Waals surface area contributed by atoms with Gasteiger partial charge >= 0.3 is 0 Å². The Morgan fingerprint density at radius 3 is 2.27 bits per heavy atom. The van der Waals surface area contributed by atoms with Crippen LogP contribution in [0.2, 0.25) is 0 Å². The summed E-state index contributed by atoms with van der Waals surface area (Å²) < 4.78 is 5.93. The minimum absolute atomic E-state index is 0.0373. The number of ether oxygens (including phenoxy) is 1. The van der Waals surface area contributed by atoms with Crippen molar-refractivity contribution in [2.24, 2.45) is 5.92 Å². The second-order valence-corrected chi connectivity index (χ2v) is 9.03. The van der Waals surface area contributed by atoms with Crippen molar-refractivity contribution < 1.29 is 14.6 Å². The molecule has 0 aliphatic rings. The normalized spacial score (nSPS) is 14.8. The minimum atomic E-state index is -0.585. The smallest absolute Gasteiger partial charge is 0.227 e. The van der Waals surface area contributed by atoms with Gasteiger partial charge in [0.25, 0.3) is 0 Å². The van der Waals surface area contributed by atoms with Crippen LogP contribution in [-0.2, 0) is 4.79 Å². The Morgan fingerprint density at radius 2 is 1.64 bits per heavy atom. The Morgan fingerprint density at radius 1 is 0.939 bits per heavy atom. The third kappa shape index (κ3) is 9.56. The van der Waals surface area contributed by atoms with E-state index in [-0.39, 0.29) is 17.9 Å². The zero-order chi connectivity index (χ0) is 24.1. The van der Waals surface area contributed by atoms with Crippen LogP contribution < -0.4 is 15.4 Å². The van der Waals surface area contributed by atoms with E-state index in [2.05, 4.69) is 31.4 Å². The number of hydrogen-bond acceptors (Lipinski definition) is 4. The van der Waals surface area contributed by atoms with Crippen LogP contribution in [0.5, 0.6) is 5.75 Å². The van der Waals surface area contributed by atoms with E-state index in [0.29, 0.717) is 25.5 Å². The van der Waals surface area contributed by atoms with Crippen molar-refractivity contribution in [3.8, 4) is 5.75 Å². The lowest BCUT2D eigenvalue weighted by Crippen LogP contribution is -2.40. The SMILES string of the molecule is CCCCC(O)NCC(NC(=O)C(C)c1ccccc1)c1ccc(OCC(C)CCC)cc1. The molecule has 2 aromatic carbocycles. The van der Waals surface area contributed by atoms with Crippen molar-refractivity contribution in [3.05, 3.63) is 65.7 Å². The number of nitrogens with one attached hydrogen (secondary N) is 2. The van der Waals surface area contributed by atoms with Gasteiger partial charge in [0.1, 0.15) is 12.0 Å². The molecule has 5 nitrogen and oxygen atoms in total. The molecule has 0 bridgehead atoms. The third-order valence-corrected chi connectivity index (χ3v) is 6.00. The number of hydrogen-bond donors (Lipinski definition) is 3. The van der Waals surface area contributed by atoms with Crippen molar-refractivity contribution in [2.45, 2.75) is 78.0 Å². The van der Waals surface area contributed by atoms with E-state index in [1.807, 2.05) is 61.5 Å². The highest BCUT2D eigenvalue weighted by atomic mass is 16.5. The third-order valence-electron chi connectivity index (χ3n) is 6.00. The van der Waals surface area contributed by atoms with Crippen molar-refractivity contribution in [1.29, 1.82) is 0 Å². The van der Waals surface area contributed by atoms with Gasteiger partial charge in [-0.2, -0.15) is 0 Å². The van der Waals surface area contributed by atoms with Gasteiger partial charge in [0, 0.05) is 6.54 Å². The first-order valence-corrected chi connectivity index (χ1v) is 12.4. The van der Waals surface area contributed by atoms with Crippen molar-refractivity contribution >= 4 is 5.91 Å². The van der Waals surface area contributed by atoms with Gasteiger partial charge in [-0.05, 0) is 55.4 Å². The van der Waals surface area contributed by atoms with Gasteiger partial charge < -0.3 is 15.2 Å². The number of benzene rings is 2. The summed E-state index contributed by atoms with van der Waals surface area (Å²) in [4.78, 5) is 13.0. The fourth-order valence-corrected chi connectivity index (χ4v) is 3.81. The highest BCUT2D eigenvalue weighted by Gasteiger charge is 2.21. The number of unbranched alkanes of at least 4 members (excludes halogenated alkanes) is 1. The summed E-state index contributed by atoms with van der Waals surface area (Å²) in [6, 6.07) is 17.4. The monoisotopic (exact) mass is 454 g/mol. The van der Waals surface area contributed by atoms with Crippen molar-refractivity contribution in [3.63, 3.8) is 0 Å². The van der Waals surface area contributed by atoms with E-state index in [9.17, 15) is 9.90 Å². The van der Waals surface area contributed by atoms with E-state index in [1.165, 1.54) is 0 Å². The molecule has 0 saturated carbocycles. The van der Waals surface area contributed by atoms with Crippen LogP contribution in [0.1, 0.15) is 82.9 Å². The molecule has 0 aromatic heterocycles. The first kappa shape index (κ1) is 26.9. The summed E-state index contributed by atoms with van der Waals surface area (Å²) in [5, 5.41) is 16.6. The highest BCUT2D eigenvalue weighted by molar-refractivity contribution is 5.83. The summed E-state index contributed by atoms with van der Waals surface area (Å²) in [6.07, 6.45) is 4.41. The van der Waals surface area contributed by atoms with E-state index in [0.717, 1.165) is 42.6 Å². The van der Waals surface area contributed by atoms with E-state index >= 15 is 0 Å². The minimum Gasteiger partial charge on any atom is -0.493 e. The number of aliphatic hydroxyl groups is 1. The molecule has 0 aliphatic carbocycles. The summed E-state index contributed by atoms with van der Waals surface area (Å²) >= 11 is 0. The number of aliphatic hydroxyl groups excluding tert-OH is 1. The molecule has 182 valence electrons. The second kappa shape index (κ2) is 14.7. The molecule has 0 fully saturated rings. The van der Waals surface area contributed by atoms with Crippen LogP contribution in [0.4, 0.5) is 0 Å². The predicted molar refractivity (Wildman–Crippen MR) is 135 cm³/mol. The van der Waals surface area contributed by atoms with Gasteiger partial charge in [-0.15, -0.1) is 0 Å². The molecule has 2 rings (SSSR count). The predicted octanol–water partition coefficient (Wildman–Crippen LogP) is 5.56. The van der Waals surface area contributed by atoms with E-state index in [4.69, 9.17) is 4.74 Å². The standard InChI is InChI=1S/C28H42N2O3/c1-5-7-14-27(31)29-19-26(30-28(32)22(4)23-12-9-8-10-13-23)24-15-17-25(18-16-24)33-20-21(3)11-6-2/h8-10,12-13,15-18,21-22,26-27,29,31H,5-7,11,14,19-20H2,1-4H3,(H,30,32). The van der Waals surface area contributed by atoms with Gasteiger partial charge in [0.2, 0.25) is 5.91 Å². The molecule has 2 aromatic rings. The van der Waals surface area contributed by atoms with Gasteiger partial charge in [-0.25, -0.2) is 0 Å². The summed E-state index contributed by atoms with van der Waals surface area (Å²) in [5.74, 6) is 1.06. The Labute approximate surface area is 199 Å². The second-order valence-electron chi connectivity index (χ2n) is 9.03. The van der Waals surface area contributed by atoms with E-state index < -0.39 is 6.23 Å². The van der Waals surface area contributed by atoms with Crippen LogP contribution in [0.15, 0.2) is 54.6 Å². The summed E-state index contributed by atoms with van der Waals surface area (Å²) in [5.41, 5.74) is 1.96. The van der Waals surface area contributed by atoms with Crippen LogP contribution in [-0.4, -0.2) is 30.4 Å². The molecule has 0 spiro atoms. The van der Waals surface area contributed by atoms with Crippen LogP contribution in [0.25, 0.3) is 0 Å². The largest absolute Gasteiger partial charge is 0.493 e. The van der Waals surface area contributed by atoms with Gasteiger partial charge in [0.05, 0.1) is 18.6 Å². The Hall–Kier alpha value is -2.37. The average Bonchev–Trinajstić information content (AvgIpc) is 2.84. The first-order chi connectivity index (χ1) is 15.9. The molecule has 5 heteroatoms. The Kier molecular flexibility index (Phi) is 12.0. The number of carbonyl (C=O) groups excluding carboxylic acids is 1. The molecule has 4 unspecified atom stereocenters. The molecule has 0 heterocycles. The highest BCUT2D eigenvalue weighted by Crippen LogP contribution is 2.21. The molecule has 0 aliphatic heterocycles. The fourth-order valence-electron chi connectivity index (χ4n) is 3.81. The molecular weight excluding hydrogens is 412 g/mol. The lowest BCUT2D eigenvalue weighted by molar-refractivity contribution is -0.123. The maximum Gasteiger partial charge on any atom is 0.227 e. The number of amides is 1. The van der Waals surface area contributed by atoms with Crippen LogP contribution in [0, 0.1) is 5.92 Å². The molecule has 0 saturated heterocycles. The number of rotatable bonds is 15. The maximum atomic E-state index is 13.0. The van der Waals surface area contributed by atoms with Crippen molar-refractivity contribution in [2.75, 3.05) is 13.2 Å². The van der Waals surface area contributed by atoms with Gasteiger partial charge in [-0.1, -0.05) is 76.1 Å². The van der Waals surface area contributed by atoms with Gasteiger partial charge in [0.15, 0.2) is 0 Å². The molecule has 0 radical (unpaired) electrons. The molecule has 33 heavy (non-hydrogen) atoms. The molecule has 4 atom stereocenters. The topological polar surface area (TPSA) is 70.6 Å². The van der Waals surface area contributed by atoms with Crippen LogP contribution >= 0.6 is 0 Å².